The lowest BCUT2D eigenvalue weighted by Crippen LogP contribution is -2.42. The molecule has 0 spiro atoms. The van der Waals surface area contributed by atoms with Crippen LogP contribution in [-0.2, 0) is 16.1 Å². The van der Waals surface area contributed by atoms with Crippen LogP contribution in [0.3, 0.4) is 0 Å². The average Bonchev–Trinajstić information content (AvgIpc) is 3.13. The number of benzene rings is 1. The number of carbonyl (C=O) groups excluding carboxylic acids is 2. The van der Waals surface area contributed by atoms with Crippen molar-refractivity contribution in [3.63, 3.8) is 0 Å². The summed E-state index contributed by atoms with van der Waals surface area (Å²) in [5.74, 6) is 1.31. The molecule has 0 radical (unpaired) electrons. The van der Waals surface area contributed by atoms with Gasteiger partial charge in [0.2, 0.25) is 11.8 Å². The number of amides is 2. The Morgan fingerprint density at radius 3 is 2.72 bits per heavy atom. The highest BCUT2D eigenvalue weighted by atomic mass is 16.5. The summed E-state index contributed by atoms with van der Waals surface area (Å²) in [6, 6.07) is 5.76. The summed E-state index contributed by atoms with van der Waals surface area (Å²) in [5.41, 5.74) is 0.974. The SMILES string of the molecule is COc1ccc(CNC(=O)[C@H]2CCC(=O)NC2)cc1OC1CCCC1. The zero-order chi connectivity index (χ0) is 17.6. The molecule has 1 aliphatic heterocycles. The first kappa shape index (κ1) is 17.6. The fourth-order valence-corrected chi connectivity index (χ4v) is 3.40. The molecule has 6 heteroatoms. The summed E-state index contributed by atoms with van der Waals surface area (Å²) in [7, 11) is 1.63. The van der Waals surface area contributed by atoms with Gasteiger partial charge in [-0.05, 0) is 49.8 Å². The van der Waals surface area contributed by atoms with Crippen molar-refractivity contribution in [3.8, 4) is 11.5 Å². The van der Waals surface area contributed by atoms with Gasteiger partial charge in [0.15, 0.2) is 11.5 Å². The Morgan fingerprint density at radius 2 is 2.04 bits per heavy atom. The van der Waals surface area contributed by atoms with Gasteiger partial charge in [0.05, 0.1) is 19.1 Å². The third-order valence-corrected chi connectivity index (χ3v) is 4.93. The molecule has 6 nitrogen and oxygen atoms in total. The van der Waals surface area contributed by atoms with E-state index in [9.17, 15) is 9.59 Å². The van der Waals surface area contributed by atoms with E-state index in [0.717, 1.165) is 29.9 Å². The second-order valence-corrected chi connectivity index (χ2v) is 6.77. The van der Waals surface area contributed by atoms with Gasteiger partial charge >= 0.3 is 0 Å². The van der Waals surface area contributed by atoms with Crippen molar-refractivity contribution in [1.29, 1.82) is 0 Å². The van der Waals surface area contributed by atoms with Crippen LogP contribution in [-0.4, -0.2) is 31.6 Å². The number of piperidine rings is 1. The van der Waals surface area contributed by atoms with Gasteiger partial charge in [-0.2, -0.15) is 0 Å². The molecule has 1 aromatic carbocycles. The molecule has 1 atom stereocenters. The minimum absolute atomic E-state index is 0.0194. The highest BCUT2D eigenvalue weighted by Crippen LogP contribution is 2.32. The zero-order valence-corrected chi connectivity index (χ0v) is 14.7. The number of ether oxygens (including phenoxy) is 2. The summed E-state index contributed by atoms with van der Waals surface area (Å²) >= 11 is 0. The predicted molar refractivity (Wildman–Crippen MR) is 93.5 cm³/mol. The Kier molecular flexibility index (Phi) is 5.79. The van der Waals surface area contributed by atoms with Crippen molar-refractivity contribution in [2.24, 2.45) is 5.92 Å². The van der Waals surface area contributed by atoms with Crippen LogP contribution in [0, 0.1) is 5.92 Å². The molecule has 0 bridgehead atoms. The van der Waals surface area contributed by atoms with Gasteiger partial charge in [-0.25, -0.2) is 0 Å². The molecular weight excluding hydrogens is 320 g/mol. The standard InChI is InChI=1S/C19H26N2O4/c1-24-16-8-6-13(10-17(16)25-15-4-2-3-5-15)11-21-19(23)14-7-9-18(22)20-12-14/h6,8,10,14-15H,2-5,7,9,11-12H2,1H3,(H,20,22)(H,21,23)/t14-/m0/s1. The molecule has 25 heavy (non-hydrogen) atoms. The van der Waals surface area contributed by atoms with Gasteiger partial charge in [-0.15, -0.1) is 0 Å². The third-order valence-electron chi connectivity index (χ3n) is 4.93. The van der Waals surface area contributed by atoms with E-state index in [-0.39, 0.29) is 23.8 Å². The van der Waals surface area contributed by atoms with Crippen molar-refractivity contribution in [2.45, 2.75) is 51.2 Å². The number of hydrogen-bond donors (Lipinski definition) is 2. The van der Waals surface area contributed by atoms with Crippen LogP contribution in [0.1, 0.15) is 44.1 Å². The summed E-state index contributed by atoms with van der Waals surface area (Å²) in [6.07, 6.45) is 5.86. The van der Waals surface area contributed by atoms with E-state index in [0.29, 0.717) is 25.9 Å². The molecular formula is C19H26N2O4. The van der Waals surface area contributed by atoms with Crippen LogP contribution in [0.5, 0.6) is 11.5 Å². The van der Waals surface area contributed by atoms with E-state index in [4.69, 9.17) is 9.47 Å². The highest BCUT2D eigenvalue weighted by molar-refractivity contribution is 5.83. The lowest BCUT2D eigenvalue weighted by Gasteiger charge is -2.22. The lowest BCUT2D eigenvalue weighted by atomic mass is 9.98. The Morgan fingerprint density at radius 1 is 1.24 bits per heavy atom. The largest absolute Gasteiger partial charge is 0.493 e. The first-order valence-electron chi connectivity index (χ1n) is 9.03. The molecule has 2 aliphatic rings. The Balaban J connectivity index is 1.58. The van der Waals surface area contributed by atoms with E-state index in [1.165, 1.54) is 12.8 Å². The number of nitrogens with one attached hydrogen (secondary N) is 2. The van der Waals surface area contributed by atoms with Crippen molar-refractivity contribution >= 4 is 11.8 Å². The van der Waals surface area contributed by atoms with Gasteiger partial charge in [0.25, 0.3) is 0 Å². The van der Waals surface area contributed by atoms with Crippen LogP contribution in [0.4, 0.5) is 0 Å². The first-order chi connectivity index (χ1) is 12.2. The monoisotopic (exact) mass is 346 g/mol. The molecule has 2 amide bonds. The number of carbonyl (C=O) groups is 2. The second-order valence-electron chi connectivity index (χ2n) is 6.77. The average molecular weight is 346 g/mol. The Hall–Kier alpha value is -2.24. The summed E-state index contributed by atoms with van der Waals surface area (Å²) in [4.78, 5) is 23.4. The van der Waals surface area contributed by atoms with Crippen LogP contribution < -0.4 is 20.1 Å². The van der Waals surface area contributed by atoms with E-state index in [1.54, 1.807) is 7.11 Å². The maximum absolute atomic E-state index is 12.2. The van der Waals surface area contributed by atoms with E-state index in [2.05, 4.69) is 10.6 Å². The maximum Gasteiger partial charge on any atom is 0.225 e. The second kappa shape index (κ2) is 8.23. The minimum Gasteiger partial charge on any atom is -0.493 e. The topological polar surface area (TPSA) is 76.7 Å². The number of hydrogen-bond acceptors (Lipinski definition) is 4. The van der Waals surface area contributed by atoms with Gasteiger partial charge in [0.1, 0.15) is 0 Å². The van der Waals surface area contributed by atoms with Crippen LogP contribution >= 0.6 is 0 Å². The van der Waals surface area contributed by atoms with Gasteiger partial charge in [-0.1, -0.05) is 6.07 Å². The summed E-state index contributed by atoms with van der Waals surface area (Å²) in [6.45, 7) is 0.859. The van der Waals surface area contributed by atoms with Gasteiger partial charge in [-0.3, -0.25) is 9.59 Å². The van der Waals surface area contributed by atoms with Gasteiger partial charge < -0.3 is 20.1 Å². The lowest BCUT2D eigenvalue weighted by molar-refractivity contribution is -0.129. The molecule has 0 aromatic heterocycles. The highest BCUT2D eigenvalue weighted by Gasteiger charge is 2.24. The summed E-state index contributed by atoms with van der Waals surface area (Å²) in [5, 5.41) is 5.69. The Labute approximate surface area is 148 Å². The fraction of sp³-hybridized carbons (Fsp3) is 0.579. The maximum atomic E-state index is 12.2. The third kappa shape index (κ3) is 4.65. The molecule has 2 fully saturated rings. The van der Waals surface area contributed by atoms with Crippen LogP contribution in [0.2, 0.25) is 0 Å². The molecule has 1 aliphatic carbocycles. The molecule has 1 aromatic rings. The predicted octanol–water partition coefficient (Wildman–Crippen LogP) is 2.16. The minimum atomic E-state index is -0.148. The van der Waals surface area contributed by atoms with Crippen molar-refractivity contribution in [2.75, 3.05) is 13.7 Å². The number of methoxy groups -OCH3 is 1. The smallest absolute Gasteiger partial charge is 0.225 e. The molecule has 2 N–H and O–H groups in total. The zero-order valence-electron chi connectivity index (χ0n) is 14.7. The Bertz CT molecular complexity index is 616. The van der Waals surface area contributed by atoms with Crippen LogP contribution in [0.15, 0.2) is 18.2 Å². The quantitative estimate of drug-likeness (QED) is 0.827. The fourth-order valence-electron chi connectivity index (χ4n) is 3.40. The van der Waals surface area contributed by atoms with Crippen molar-refractivity contribution in [3.05, 3.63) is 23.8 Å². The molecule has 136 valence electrons. The van der Waals surface area contributed by atoms with E-state index < -0.39 is 0 Å². The van der Waals surface area contributed by atoms with Crippen LogP contribution in [0.25, 0.3) is 0 Å². The van der Waals surface area contributed by atoms with E-state index >= 15 is 0 Å². The van der Waals surface area contributed by atoms with Crippen molar-refractivity contribution in [1.82, 2.24) is 10.6 Å². The number of rotatable bonds is 6. The first-order valence-corrected chi connectivity index (χ1v) is 9.03. The summed E-state index contributed by atoms with van der Waals surface area (Å²) < 4.78 is 11.5. The van der Waals surface area contributed by atoms with Gasteiger partial charge in [0, 0.05) is 19.5 Å². The molecule has 1 saturated heterocycles. The molecule has 1 saturated carbocycles. The van der Waals surface area contributed by atoms with E-state index in [1.807, 2.05) is 18.2 Å². The molecule has 0 unspecified atom stereocenters. The normalized spacial score (nSPS) is 20.8. The van der Waals surface area contributed by atoms with Crippen molar-refractivity contribution < 1.29 is 19.1 Å². The molecule has 1 heterocycles. The molecule has 3 rings (SSSR count).